The van der Waals surface area contributed by atoms with Crippen LogP contribution in [-0.4, -0.2) is 33.6 Å². The molecule has 34 heavy (non-hydrogen) atoms. The second-order valence-corrected chi connectivity index (χ2v) is 11.1. The first kappa shape index (κ1) is 24.2. The van der Waals surface area contributed by atoms with E-state index in [0.29, 0.717) is 42.1 Å². The molecule has 7 nitrogen and oxygen atoms in total. The minimum absolute atomic E-state index is 0.00304. The number of nitrogens with one attached hydrogen (secondary N) is 3. The van der Waals surface area contributed by atoms with E-state index in [4.69, 9.17) is 0 Å². The van der Waals surface area contributed by atoms with E-state index in [2.05, 4.69) is 34.4 Å². The predicted molar refractivity (Wildman–Crippen MR) is 132 cm³/mol. The van der Waals surface area contributed by atoms with Gasteiger partial charge in [-0.25, -0.2) is 0 Å². The van der Waals surface area contributed by atoms with E-state index in [1.807, 2.05) is 32.9 Å². The van der Waals surface area contributed by atoms with Crippen LogP contribution in [0.25, 0.3) is 0 Å². The van der Waals surface area contributed by atoms with Crippen molar-refractivity contribution in [3.05, 3.63) is 46.5 Å². The molecule has 2 aromatic heterocycles. The van der Waals surface area contributed by atoms with Gasteiger partial charge in [0.15, 0.2) is 5.78 Å². The third-order valence-corrected chi connectivity index (χ3v) is 6.86. The minimum Gasteiger partial charge on any atom is -0.354 e. The maximum Gasteiger partial charge on any atom is 0.268 e. The molecule has 0 aliphatic heterocycles. The van der Waals surface area contributed by atoms with E-state index in [1.54, 1.807) is 6.20 Å². The molecule has 0 aromatic carbocycles. The van der Waals surface area contributed by atoms with Crippen LogP contribution in [0.3, 0.4) is 0 Å². The lowest BCUT2D eigenvalue weighted by Gasteiger charge is -2.28. The van der Waals surface area contributed by atoms with Gasteiger partial charge in [0.25, 0.3) is 5.91 Å². The van der Waals surface area contributed by atoms with Gasteiger partial charge in [0.05, 0.1) is 11.9 Å². The molecular formula is C27H36N4O3. The number of fused-ring (bicyclic) bond motifs is 1. The Morgan fingerprint density at radius 3 is 2.56 bits per heavy atom. The zero-order valence-corrected chi connectivity index (χ0v) is 20.9. The highest BCUT2D eigenvalue weighted by molar-refractivity contribution is 6.06. The van der Waals surface area contributed by atoms with Gasteiger partial charge in [-0.15, -0.1) is 0 Å². The Labute approximate surface area is 201 Å². The molecule has 2 aromatic rings. The molecule has 3 N–H and O–H groups in total. The van der Waals surface area contributed by atoms with Gasteiger partial charge >= 0.3 is 0 Å². The summed E-state index contributed by atoms with van der Waals surface area (Å²) in [5.41, 5.74) is 4.00. The molecule has 2 aliphatic carbocycles. The normalized spacial score (nSPS) is 17.9. The van der Waals surface area contributed by atoms with E-state index in [9.17, 15) is 14.4 Å². The number of hydrogen-bond acceptors (Lipinski definition) is 4. The number of pyridine rings is 1. The van der Waals surface area contributed by atoms with E-state index in [0.717, 1.165) is 23.4 Å². The highest BCUT2D eigenvalue weighted by Crippen LogP contribution is 2.39. The van der Waals surface area contributed by atoms with Crippen molar-refractivity contribution in [1.82, 2.24) is 15.3 Å². The summed E-state index contributed by atoms with van der Waals surface area (Å²) in [5.74, 6) is 0.140. The minimum atomic E-state index is -0.665. The molecule has 0 saturated heterocycles. The fraction of sp³-hybridized carbons (Fsp3) is 0.556. The van der Waals surface area contributed by atoms with E-state index >= 15 is 0 Å². The molecule has 2 heterocycles. The molecule has 1 fully saturated rings. The summed E-state index contributed by atoms with van der Waals surface area (Å²) < 4.78 is 0. The van der Waals surface area contributed by atoms with Crippen LogP contribution >= 0.6 is 0 Å². The molecule has 182 valence electrons. The summed E-state index contributed by atoms with van der Waals surface area (Å²) >= 11 is 0. The maximum absolute atomic E-state index is 13.5. The molecular weight excluding hydrogens is 428 g/mol. The van der Waals surface area contributed by atoms with Crippen LogP contribution in [0, 0.1) is 18.3 Å². The van der Waals surface area contributed by atoms with Crippen molar-refractivity contribution in [2.75, 3.05) is 5.32 Å². The Bertz CT molecular complexity index is 1090. The Morgan fingerprint density at radius 1 is 1.21 bits per heavy atom. The van der Waals surface area contributed by atoms with Crippen molar-refractivity contribution in [3.63, 3.8) is 0 Å². The number of H-pyrrole nitrogens is 1. The number of amides is 2. The van der Waals surface area contributed by atoms with Crippen molar-refractivity contribution in [1.29, 1.82) is 0 Å². The van der Waals surface area contributed by atoms with Crippen molar-refractivity contribution >= 4 is 23.3 Å². The lowest BCUT2D eigenvalue weighted by molar-refractivity contribution is -0.118. The van der Waals surface area contributed by atoms with Crippen molar-refractivity contribution in [2.24, 2.45) is 11.3 Å². The molecule has 7 heteroatoms. The van der Waals surface area contributed by atoms with Gasteiger partial charge < -0.3 is 15.6 Å². The zero-order chi connectivity index (χ0) is 24.6. The average molecular weight is 465 g/mol. The monoisotopic (exact) mass is 464 g/mol. The number of carbonyl (C=O) groups is 3. The second-order valence-electron chi connectivity index (χ2n) is 11.1. The standard InChI is InChI=1S/C27H36N4O3/c1-15(2)22-23-20(12-27(4,5)13-21(23)32)30-24(22)26(34)31-19(11-9-17-7-8-17)25(33)29-18-10-6-16(3)28-14-18/h6,10,14-15,17,19,30H,7-9,11-13H2,1-5H3,(H,29,33)(H,31,34). The first-order valence-electron chi connectivity index (χ1n) is 12.4. The Hall–Kier alpha value is -2.96. The summed E-state index contributed by atoms with van der Waals surface area (Å²) in [6, 6.07) is 2.98. The van der Waals surface area contributed by atoms with Gasteiger partial charge in [0, 0.05) is 23.4 Å². The first-order valence-corrected chi connectivity index (χ1v) is 12.4. The molecule has 0 spiro atoms. The molecule has 0 radical (unpaired) electrons. The molecule has 0 bridgehead atoms. The summed E-state index contributed by atoms with van der Waals surface area (Å²) in [6.07, 6.45) is 6.64. The highest BCUT2D eigenvalue weighted by Gasteiger charge is 2.37. The zero-order valence-electron chi connectivity index (χ0n) is 20.9. The topological polar surface area (TPSA) is 104 Å². The average Bonchev–Trinajstić information content (AvgIpc) is 3.49. The molecule has 1 unspecified atom stereocenters. The number of anilines is 1. The largest absolute Gasteiger partial charge is 0.354 e. The molecule has 2 amide bonds. The van der Waals surface area contributed by atoms with Gasteiger partial charge in [-0.3, -0.25) is 19.4 Å². The molecule has 2 aliphatic rings. The third-order valence-electron chi connectivity index (χ3n) is 6.86. The van der Waals surface area contributed by atoms with Gasteiger partial charge in [-0.1, -0.05) is 40.5 Å². The predicted octanol–water partition coefficient (Wildman–Crippen LogP) is 4.92. The van der Waals surface area contributed by atoms with Crippen LogP contribution < -0.4 is 10.6 Å². The molecule has 4 rings (SSSR count). The number of aromatic nitrogens is 2. The van der Waals surface area contributed by atoms with Crippen LogP contribution in [-0.2, 0) is 11.2 Å². The first-order chi connectivity index (χ1) is 16.0. The van der Waals surface area contributed by atoms with Crippen LogP contribution in [0.1, 0.15) is 104 Å². The number of Topliss-reactive ketones (excluding diaryl/α,β-unsaturated/α-hetero) is 1. The van der Waals surface area contributed by atoms with Crippen LogP contribution in [0.4, 0.5) is 5.69 Å². The Kier molecular flexibility index (Phi) is 6.65. The van der Waals surface area contributed by atoms with Crippen LogP contribution in [0.5, 0.6) is 0 Å². The number of carbonyl (C=O) groups excluding carboxylic acids is 3. The second kappa shape index (κ2) is 9.35. The van der Waals surface area contributed by atoms with Crippen molar-refractivity contribution in [2.45, 2.75) is 85.1 Å². The maximum atomic E-state index is 13.5. The van der Waals surface area contributed by atoms with Crippen LogP contribution in [0.2, 0.25) is 0 Å². The SMILES string of the molecule is Cc1ccc(NC(=O)C(CCC2CC2)NC(=O)c2[nH]c3c(c2C(C)C)C(=O)CC(C)(C)C3)cn1. The number of ketones is 1. The summed E-state index contributed by atoms with van der Waals surface area (Å²) in [7, 11) is 0. The fourth-order valence-electron chi connectivity index (χ4n) is 4.92. The lowest BCUT2D eigenvalue weighted by Crippen LogP contribution is -2.44. The van der Waals surface area contributed by atoms with Gasteiger partial charge in [0.2, 0.25) is 5.91 Å². The van der Waals surface area contributed by atoms with E-state index in [-0.39, 0.29) is 28.9 Å². The Morgan fingerprint density at radius 2 is 1.94 bits per heavy atom. The molecule has 1 saturated carbocycles. The third kappa shape index (κ3) is 5.40. The van der Waals surface area contributed by atoms with Gasteiger partial charge in [-0.2, -0.15) is 0 Å². The highest BCUT2D eigenvalue weighted by atomic mass is 16.2. The Balaban J connectivity index is 1.57. The number of rotatable bonds is 8. The summed E-state index contributed by atoms with van der Waals surface area (Å²) in [4.78, 5) is 47.1. The van der Waals surface area contributed by atoms with Gasteiger partial charge in [-0.05, 0) is 61.1 Å². The van der Waals surface area contributed by atoms with Crippen molar-refractivity contribution < 1.29 is 14.4 Å². The van der Waals surface area contributed by atoms with Crippen LogP contribution in [0.15, 0.2) is 18.3 Å². The smallest absolute Gasteiger partial charge is 0.268 e. The van der Waals surface area contributed by atoms with E-state index in [1.165, 1.54) is 12.8 Å². The van der Waals surface area contributed by atoms with Gasteiger partial charge in [0.1, 0.15) is 11.7 Å². The number of aromatic amines is 1. The fourth-order valence-corrected chi connectivity index (χ4v) is 4.92. The quantitative estimate of drug-likeness (QED) is 0.515. The summed E-state index contributed by atoms with van der Waals surface area (Å²) in [5, 5.41) is 5.87. The number of hydrogen-bond donors (Lipinski definition) is 3. The number of nitrogens with zero attached hydrogens (tertiary/aromatic N) is 1. The summed E-state index contributed by atoms with van der Waals surface area (Å²) in [6.45, 7) is 10.0. The van der Waals surface area contributed by atoms with E-state index < -0.39 is 6.04 Å². The number of aryl methyl sites for hydroxylation is 1. The molecule has 1 atom stereocenters. The van der Waals surface area contributed by atoms with Crippen molar-refractivity contribution in [3.8, 4) is 0 Å². The lowest BCUT2D eigenvalue weighted by atomic mass is 9.74.